The zero-order chi connectivity index (χ0) is 15.9. The molecule has 1 aromatic carbocycles. The molecule has 0 bridgehead atoms. The zero-order valence-corrected chi connectivity index (χ0v) is 13.0. The van der Waals surface area contributed by atoms with E-state index in [0.29, 0.717) is 17.9 Å². The summed E-state index contributed by atoms with van der Waals surface area (Å²) in [5.41, 5.74) is 1.71. The third-order valence-corrected chi connectivity index (χ3v) is 3.23. The van der Waals surface area contributed by atoms with Gasteiger partial charge in [-0.15, -0.1) is 0 Å². The van der Waals surface area contributed by atoms with Crippen LogP contribution >= 0.6 is 0 Å². The van der Waals surface area contributed by atoms with Gasteiger partial charge in [-0.05, 0) is 31.8 Å². The number of aromatic amines is 1. The SMILES string of the molecule is CN(C)Cc1cccc(C(=O)N(CCO)Cc2ncc[nH]2)c1. The molecule has 2 N–H and O–H groups in total. The smallest absolute Gasteiger partial charge is 0.254 e. The van der Waals surface area contributed by atoms with E-state index in [1.807, 2.05) is 32.3 Å². The highest BCUT2D eigenvalue weighted by Gasteiger charge is 2.17. The highest BCUT2D eigenvalue weighted by Crippen LogP contribution is 2.11. The van der Waals surface area contributed by atoms with Crippen LogP contribution < -0.4 is 0 Å². The molecule has 0 radical (unpaired) electrons. The molecule has 2 rings (SSSR count). The third-order valence-electron chi connectivity index (χ3n) is 3.23. The number of hydrogen-bond donors (Lipinski definition) is 2. The van der Waals surface area contributed by atoms with Gasteiger partial charge in [0.15, 0.2) is 0 Å². The van der Waals surface area contributed by atoms with Crippen LogP contribution in [0.5, 0.6) is 0 Å². The largest absolute Gasteiger partial charge is 0.395 e. The second kappa shape index (κ2) is 7.72. The number of nitrogens with zero attached hydrogens (tertiary/aromatic N) is 3. The lowest BCUT2D eigenvalue weighted by atomic mass is 10.1. The summed E-state index contributed by atoms with van der Waals surface area (Å²) < 4.78 is 0. The molecular weight excluding hydrogens is 280 g/mol. The lowest BCUT2D eigenvalue weighted by Gasteiger charge is -2.21. The van der Waals surface area contributed by atoms with Crippen molar-refractivity contribution in [2.45, 2.75) is 13.1 Å². The molecule has 0 spiro atoms. The first-order valence-corrected chi connectivity index (χ1v) is 7.22. The van der Waals surface area contributed by atoms with E-state index in [-0.39, 0.29) is 19.1 Å². The van der Waals surface area contributed by atoms with E-state index >= 15 is 0 Å². The summed E-state index contributed by atoms with van der Waals surface area (Å²) in [5, 5.41) is 9.20. The van der Waals surface area contributed by atoms with Gasteiger partial charge in [-0.25, -0.2) is 4.98 Å². The van der Waals surface area contributed by atoms with Crippen LogP contribution in [-0.2, 0) is 13.1 Å². The van der Waals surface area contributed by atoms with Crippen molar-refractivity contribution in [3.63, 3.8) is 0 Å². The lowest BCUT2D eigenvalue weighted by Crippen LogP contribution is -2.33. The molecule has 0 saturated heterocycles. The van der Waals surface area contributed by atoms with Crippen molar-refractivity contribution in [1.82, 2.24) is 19.8 Å². The summed E-state index contributed by atoms with van der Waals surface area (Å²) in [6.45, 7) is 1.32. The standard InChI is InChI=1S/C16H22N4O2/c1-19(2)11-13-4-3-5-14(10-13)16(22)20(8-9-21)12-15-17-6-7-18-15/h3-7,10,21H,8-9,11-12H2,1-2H3,(H,17,18). The van der Waals surface area contributed by atoms with Gasteiger partial charge in [-0.2, -0.15) is 0 Å². The quantitative estimate of drug-likeness (QED) is 0.803. The molecule has 0 fully saturated rings. The first-order valence-electron chi connectivity index (χ1n) is 7.22. The molecule has 0 atom stereocenters. The average Bonchev–Trinajstić information content (AvgIpc) is 2.99. The van der Waals surface area contributed by atoms with Gasteiger partial charge in [0.2, 0.25) is 0 Å². The predicted octanol–water partition coefficient (Wildman–Crippen LogP) is 1.11. The molecule has 6 nitrogen and oxygen atoms in total. The van der Waals surface area contributed by atoms with Gasteiger partial charge < -0.3 is 19.9 Å². The van der Waals surface area contributed by atoms with Crippen LogP contribution in [0.3, 0.4) is 0 Å². The van der Waals surface area contributed by atoms with E-state index in [9.17, 15) is 9.90 Å². The number of imidazole rings is 1. The number of rotatable bonds is 7. The number of carbonyl (C=O) groups excluding carboxylic acids is 1. The molecule has 0 saturated carbocycles. The van der Waals surface area contributed by atoms with Gasteiger partial charge in [0, 0.05) is 31.0 Å². The summed E-state index contributed by atoms with van der Waals surface area (Å²) in [6, 6.07) is 7.58. The summed E-state index contributed by atoms with van der Waals surface area (Å²) in [4.78, 5) is 23.4. The van der Waals surface area contributed by atoms with Crippen LogP contribution in [0, 0.1) is 0 Å². The van der Waals surface area contributed by atoms with Gasteiger partial charge in [-0.1, -0.05) is 12.1 Å². The molecule has 1 aromatic heterocycles. The fourth-order valence-corrected chi connectivity index (χ4v) is 2.29. The van der Waals surface area contributed by atoms with E-state index in [0.717, 1.165) is 12.1 Å². The highest BCUT2D eigenvalue weighted by atomic mass is 16.3. The monoisotopic (exact) mass is 302 g/mol. The molecule has 6 heteroatoms. The fraction of sp³-hybridized carbons (Fsp3) is 0.375. The second-order valence-electron chi connectivity index (χ2n) is 5.42. The minimum atomic E-state index is -0.106. The maximum absolute atomic E-state index is 12.7. The first-order chi connectivity index (χ1) is 10.6. The zero-order valence-electron chi connectivity index (χ0n) is 13.0. The molecule has 1 heterocycles. The van der Waals surface area contributed by atoms with E-state index in [1.165, 1.54) is 0 Å². The molecule has 1 amide bonds. The van der Waals surface area contributed by atoms with Crippen molar-refractivity contribution in [2.24, 2.45) is 0 Å². The van der Waals surface area contributed by atoms with E-state index in [4.69, 9.17) is 0 Å². The van der Waals surface area contributed by atoms with Gasteiger partial charge in [0.25, 0.3) is 5.91 Å². The Labute approximate surface area is 130 Å². The number of aliphatic hydroxyl groups excluding tert-OH is 1. The highest BCUT2D eigenvalue weighted by molar-refractivity contribution is 5.94. The van der Waals surface area contributed by atoms with Crippen molar-refractivity contribution in [3.8, 4) is 0 Å². The van der Waals surface area contributed by atoms with Crippen LogP contribution in [0.2, 0.25) is 0 Å². The Balaban J connectivity index is 2.15. The number of nitrogens with one attached hydrogen (secondary N) is 1. The number of aromatic nitrogens is 2. The molecular formula is C16H22N4O2. The number of amides is 1. The number of hydrogen-bond acceptors (Lipinski definition) is 4. The molecule has 118 valence electrons. The molecule has 0 aliphatic rings. The minimum Gasteiger partial charge on any atom is -0.395 e. The Morgan fingerprint density at radius 2 is 2.14 bits per heavy atom. The van der Waals surface area contributed by atoms with Crippen LogP contribution in [0.4, 0.5) is 0 Å². The average molecular weight is 302 g/mol. The van der Waals surface area contributed by atoms with E-state index in [1.54, 1.807) is 23.4 Å². The molecule has 22 heavy (non-hydrogen) atoms. The molecule has 0 aliphatic heterocycles. The van der Waals surface area contributed by atoms with Crippen LogP contribution in [0.15, 0.2) is 36.7 Å². The van der Waals surface area contributed by atoms with Crippen LogP contribution in [-0.4, -0.2) is 58.0 Å². The topological polar surface area (TPSA) is 72.5 Å². The van der Waals surface area contributed by atoms with Crippen LogP contribution in [0.25, 0.3) is 0 Å². The predicted molar refractivity (Wildman–Crippen MR) is 84.2 cm³/mol. The normalized spacial score (nSPS) is 10.9. The Morgan fingerprint density at radius 3 is 2.77 bits per heavy atom. The lowest BCUT2D eigenvalue weighted by molar-refractivity contribution is 0.0703. The van der Waals surface area contributed by atoms with E-state index in [2.05, 4.69) is 14.9 Å². The maximum Gasteiger partial charge on any atom is 0.254 e. The van der Waals surface area contributed by atoms with Crippen molar-refractivity contribution < 1.29 is 9.90 Å². The Morgan fingerprint density at radius 1 is 1.32 bits per heavy atom. The van der Waals surface area contributed by atoms with Crippen molar-refractivity contribution >= 4 is 5.91 Å². The number of benzene rings is 1. The fourth-order valence-electron chi connectivity index (χ4n) is 2.29. The van der Waals surface area contributed by atoms with Crippen molar-refractivity contribution in [2.75, 3.05) is 27.2 Å². The summed E-state index contributed by atoms with van der Waals surface area (Å²) in [7, 11) is 3.98. The third kappa shape index (κ3) is 4.41. The van der Waals surface area contributed by atoms with Crippen molar-refractivity contribution in [3.05, 3.63) is 53.6 Å². The molecule has 2 aromatic rings. The molecule has 0 aliphatic carbocycles. The number of aliphatic hydroxyl groups is 1. The van der Waals surface area contributed by atoms with Gasteiger partial charge in [-0.3, -0.25) is 4.79 Å². The summed E-state index contributed by atoms with van der Waals surface area (Å²) in [6.07, 6.45) is 3.36. The van der Waals surface area contributed by atoms with Crippen molar-refractivity contribution in [1.29, 1.82) is 0 Å². The van der Waals surface area contributed by atoms with E-state index < -0.39 is 0 Å². The second-order valence-corrected chi connectivity index (χ2v) is 5.42. The van der Waals surface area contributed by atoms with Gasteiger partial charge in [0.1, 0.15) is 5.82 Å². The number of carbonyl (C=O) groups is 1. The summed E-state index contributed by atoms with van der Waals surface area (Å²) in [5.74, 6) is 0.595. The van der Waals surface area contributed by atoms with Crippen LogP contribution in [0.1, 0.15) is 21.7 Å². The molecule has 0 unspecified atom stereocenters. The Kier molecular flexibility index (Phi) is 5.68. The van der Waals surface area contributed by atoms with Gasteiger partial charge >= 0.3 is 0 Å². The first kappa shape index (κ1) is 16.2. The van der Waals surface area contributed by atoms with Gasteiger partial charge in [0.05, 0.1) is 13.2 Å². The minimum absolute atomic E-state index is 0.0795. The summed E-state index contributed by atoms with van der Waals surface area (Å²) >= 11 is 0. The number of H-pyrrole nitrogens is 1. The Hall–Kier alpha value is -2.18. The Bertz CT molecular complexity index is 596. The maximum atomic E-state index is 12.7.